The first-order valence-corrected chi connectivity index (χ1v) is 9.39. The highest BCUT2D eigenvalue weighted by Gasteiger charge is 2.41. The first kappa shape index (κ1) is 18.2. The third-order valence-corrected chi connectivity index (χ3v) is 5.16. The van der Waals surface area contributed by atoms with Crippen molar-refractivity contribution in [3.8, 4) is 0 Å². The SMILES string of the molecule is CC(C)CN1CCC(N2C(=O)CN(Cc3ccc(Cl)cc3)C2=O)CC1. The minimum atomic E-state index is -0.151. The fourth-order valence-corrected chi connectivity index (χ4v) is 3.86. The number of halogens is 1. The molecule has 25 heavy (non-hydrogen) atoms. The number of carbonyl (C=O) groups excluding carboxylic acids is 2. The highest BCUT2D eigenvalue weighted by Crippen LogP contribution is 2.24. The standard InChI is InChI=1S/C19H26ClN3O2/c1-14(2)11-21-9-7-17(8-10-21)23-18(24)13-22(19(23)25)12-15-3-5-16(20)6-4-15/h3-6,14,17H,7-13H2,1-2H3. The van der Waals surface area contributed by atoms with E-state index in [1.54, 1.807) is 4.90 Å². The normalized spacial score (nSPS) is 20.2. The molecule has 0 bridgehead atoms. The minimum absolute atomic E-state index is 0.0404. The van der Waals surface area contributed by atoms with Crippen molar-refractivity contribution in [2.75, 3.05) is 26.2 Å². The molecular weight excluding hydrogens is 338 g/mol. The zero-order valence-corrected chi connectivity index (χ0v) is 15.7. The second-order valence-corrected chi connectivity index (χ2v) is 7.89. The van der Waals surface area contributed by atoms with Gasteiger partial charge < -0.3 is 9.80 Å². The summed E-state index contributed by atoms with van der Waals surface area (Å²) in [7, 11) is 0. The minimum Gasteiger partial charge on any atom is -0.311 e. The summed E-state index contributed by atoms with van der Waals surface area (Å²) < 4.78 is 0. The number of imide groups is 1. The Labute approximate surface area is 154 Å². The number of hydrogen-bond donors (Lipinski definition) is 0. The predicted molar refractivity (Wildman–Crippen MR) is 98.4 cm³/mol. The van der Waals surface area contributed by atoms with E-state index in [1.165, 1.54) is 4.90 Å². The van der Waals surface area contributed by atoms with Crippen molar-refractivity contribution in [2.45, 2.75) is 39.3 Å². The van der Waals surface area contributed by atoms with Gasteiger partial charge in [-0.25, -0.2) is 4.79 Å². The molecule has 0 saturated carbocycles. The third kappa shape index (κ3) is 4.33. The molecule has 2 aliphatic heterocycles. The lowest BCUT2D eigenvalue weighted by atomic mass is 10.0. The molecule has 0 N–H and O–H groups in total. The number of amides is 3. The first-order valence-electron chi connectivity index (χ1n) is 9.02. The Morgan fingerprint density at radius 3 is 2.36 bits per heavy atom. The van der Waals surface area contributed by atoms with Gasteiger partial charge in [0.1, 0.15) is 6.54 Å². The van der Waals surface area contributed by atoms with Crippen molar-refractivity contribution in [3.05, 3.63) is 34.9 Å². The molecule has 0 spiro atoms. The van der Waals surface area contributed by atoms with E-state index in [4.69, 9.17) is 11.6 Å². The van der Waals surface area contributed by atoms with Crippen LogP contribution in [0.3, 0.4) is 0 Å². The molecule has 136 valence electrons. The molecule has 2 fully saturated rings. The van der Waals surface area contributed by atoms with Crippen molar-refractivity contribution in [1.29, 1.82) is 0 Å². The lowest BCUT2D eigenvalue weighted by Gasteiger charge is -2.36. The molecular formula is C19H26ClN3O2. The summed E-state index contributed by atoms with van der Waals surface area (Å²) in [4.78, 5) is 30.7. The molecule has 2 aliphatic rings. The van der Waals surface area contributed by atoms with Gasteiger partial charge in [-0.15, -0.1) is 0 Å². The van der Waals surface area contributed by atoms with Crippen LogP contribution in [0.4, 0.5) is 4.79 Å². The van der Waals surface area contributed by atoms with Gasteiger partial charge in [-0.3, -0.25) is 9.69 Å². The van der Waals surface area contributed by atoms with Crippen molar-refractivity contribution < 1.29 is 9.59 Å². The highest BCUT2D eigenvalue weighted by molar-refractivity contribution is 6.30. The molecule has 3 rings (SSSR count). The van der Waals surface area contributed by atoms with E-state index in [2.05, 4.69) is 18.7 Å². The molecule has 0 aromatic heterocycles. The summed E-state index contributed by atoms with van der Waals surface area (Å²) in [6.07, 6.45) is 1.75. The summed E-state index contributed by atoms with van der Waals surface area (Å²) >= 11 is 5.90. The van der Waals surface area contributed by atoms with Crippen LogP contribution in [0.2, 0.25) is 5.02 Å². The van der Waals surface area contributed by atoms with Crippen LogP contribution in [0.15, 0.2) is 24.3 Å². The summed E-state index contributed by atoms with van der Waals surface area (Å²) in [6, 6.07) is 7.30. The molecule has 1 aromatic rings. The molecule has 5 nitrogen and oxygen atoms in total. The van der Waals surface area contributed by atoms with Crippen molar-refractivity contribution in [1.82, 2.24) is 14.7 Å². The summed E-state index contributed by atoms with van der Waals surface area (Å²) in [6.45, 7) is 8.05. The lowest BCUT2D eigenvalue weighted by molar-refractivity contribution is -0.127. The van der Waals surface area contributed by atoms with Gasteiger partial charge in [-0.2, -0.15) is 0 Å². The number of urea groups is 1. The molecule has 1 aromatic carbocycles. The average molecular weight is 364 g/mol. The average Bonchev–Trinajstić information content (AvgIpc) is 2.84. The highest BCUT2D eigenvalue weighted by atomic mass is 35.5. The second-order valence-electron chi connectivity index (χ2n) is 7.45. The zero-order chi connectivity index (χ0) is 18.0. The number of piperidine rings is 1. The molecule has 2 heterocycles. The van der Waals surface area contributed by atoms with Crippen molar-refractivity contribution >= 4 is 23.5 Å². The summed E-state index contributed by atoms with van der Waals surface area (Å²) in [5.74, 6) is 0.572. The Morgan fingerprint density at radius 2 is 1.76 bits per heavy atom. The van der Waals surface area contributed by atoms with Gasteiger partial charge in [0.05, 0.1) is 0 Å². The van der Waals surface area contributed by atoms with Crippen molar-refractivity contribution in [3.63, 3.8) is 0 Å². The number of nitrogens with zero attached hydrogens (tertiary/aromatic N) is 3. The van der Waals surface area contributed by atoms with Crippen LogP contribution in [0.1, 0.15) is 32.3 Å². The number of rotatable bonds is 5. The van der Waals surface area contributed by atoms with Gasteiger partial charge >= 0.3 is 6.03 Å². The van der Waals surface area contributed by atoms with E-state index in [1.807, 2.05) is 24.3 Å². The van der Waals surface area contributed by atoms with E-state index in [0.29, 0.717) is 17.5 Å². The van der Waals surface area contributed by atoms with Gasteiger partial charge in [-0.1, -0.05) is 37.6 Å². The lowest BCUT2D eigenvalue weighted by Crippen LogP contribution is -2.48. The monoisotopic (exact) mass is 363 g/mol. The van der Waals surface area contributed by atoms with Crippen molar-refractivity contribution in [2.24, 2.45) is 5.92 Å². The summed E-state index contributed by atoms with van der Waals surface area (Å²) in [5, 5.41) is 0.669. The van der Waals surface area contributed by atoms with Crippen LogP contribution < -0.4 is 0 Å². The van der Waals surface area contributed by atoms with Crippen LogP contribution in [0.25, 0.3) is 0 Å². The van der Waals surface area contributed by atoms with Gasteiger partial charge in [0.25, 0.3) is 5.91 Å². The smallest absolute Gasteiger partial charge is 0.311 e. The van der Waals surface area contributed by atoms with Crippen LogP contribution in [-0.4, -0.2) is 58.9 Å². The van der Waals surface area contributed by atoms with E-state index >= 15 is 0 Å². The fraction of sp³-hybridized carbons (Fsp3) is 0.579. The fourth-order valence-electron chi connectivity index (χ4n) is 3.74. The molecule has 0 aliphatic carbocycles. The molecule has 2 saturated heterocycles. The number of carbonyl (C=O) groups is 2. The summed E-state index contributed by atoms with van der Waals surface area (Å²) in [5.41, 5.74) is 0.985. The van der Waals surface area contributed by atoms with Gasteiger partial charge in [-0.05, 0) is 36.5 Å². The molecule has 0 unspecified atom stereocenters. The van der Waals surface area contributed by atoms with E-state index in [-0.39, 0.29) is 24.5 Å². The Bertz CT molecular complexity index is 624. The van der Waals surface area contributed by atoms with Crippen LogP contribution in [0, 0.1) is 5.92 Å². The van der Waals surface area contributed by atoms with Crippen LogP contribution in [-0.2, 0) is 11.3 Å². The second kappa shape index (κ2) is 7.75. The van der Waals surface area contributed by atoms with Crippen LogP contribution in [0.5, 0.6) is 0 Å². The van der Waals surface area contributed by atoms with Gasteiger partial charge in [0.2, 0.25) is 0 Å². The largest absolute Gasteiger partial charge is 0.327 e. The maximum Gasteiger partial charge on any atom is 0.327 e. The van der Waals surface area contributed by atoms with Crippen LogP contribution >= 0.6 is 11.6 Å². The quantitative estimate of drug-likeness (QED) is 0.754. The Morgan fingerprint density at radius 1 is 1.12 bits per heavy atom. The third-order valence-electron chi connectivity index (χ3n) is 4.90. The molecule has 0 radical (unpaired) electrons. The zero-order valence-electron chi connectivity index (χ0n) is 14.9. The van der Waals surface area contributed by atoms with Gasteiger partial charge in [0.15, 0.2) is 0 Å². The number of hydrogen-bond acceptors (Lipinski definition) is 3. The van der Waals surface area contributed by atoms with E-state index < -0.39 is 0 Å². The van der Waals surface area contributed by atoms with E-state index in [9.17, 15) is 9.59 Å². The molecule has 0 atom stereocenters. The number of benzene rings is 1. The Balaban J connectivity index is 1.59. The molecule has 3 amide bonds. The topological polar surface area (TPSA) is 43.9 Å². The Kier molecular flexibility index (Phi) is 5.64. The Hall–Kier alpha value is -1.59. The maximum atomic E-state index is 12.7. The number of likely N-dealkylation sites (tertiary alicyclic amines) is 1. The van der Waals surface area contributed by atoms with Gasteiger partial charge in [0, 0.05) is 37.2 Å². The first-order chi connectivity index (χ1) is 11.9. The maximum absolute atomic E-state index is 12.7. The molecule has 6 heteroatoms. The van der Waals surface area contributed by atoms with E-state index in [0.717, 1.165) is 38.0 Å². The predicted octanol–water partition coefficient (Wildman–Crippen LogP) is 3.22.